The number of aryl methyl sites for hydroxylation is 1. The van der Waals surface area contributed by atoms with Crippen molar-refractivity contribution in [3.05, 3.63) is 69.6 Å². The zero-order valence-electron chi connectivity index (χ0n) is 12.1. The van der Waals surface area contributed by atoms with Crippen LogP contribution in [0.3, 0.4) is 0 Å². The van der Waals surface area contributed by atoms with Crippen LogP contribution < -0.4 is 5.43 Å². The number of benzene rings is 1. The molecule has 1 N–H and O–H groups in total. The fourth-order valence-electron chi connectivity index (χ4n) is 2.20. The molecule has 0 fully saturated rings. The van der Waals surface area contributed by atoms with Crippen molar-refractivity contribution in [3.63, 3.8) is 0 Å². The number of fused-ring (bicyclic) bond motifs is 1. The van der Waals surface area contributed by atoms with E-state index in [4.69, 9.17) is 23.2 Å². The molecular weight excluding hydrogens is 335 g/mol. The first-order valence-corrected chi connectivity index (χ1v) is 7.54. The van der Waals surface area contributed by atoms with E-state index in [9.17, 15) is 4.79 Å². The van der Waals surface area contributed by atoms with Crippen LogP contribution in [0, 0.1) is 6.92 Å². The number of hydrogen-bond acceptors (Lipinski definition) is 3. The second-order valence-corrected chi connectivity index (χ2v) is 5.66. The topological polar surface area (TPSA) is 58.8 Å². The fraction of sp³-hybridized carbons (Fsp3) is 0.0625. The SMILES string of the molecule is Cc1nc2ccccn2c1C(=O)N/N=C\c1ccc(Cl)c(Cl)c1. The van der Waals surface area contributed by atoms with E-state index in [0.717, 1.165) is 5.56 Å². The maximum absolute atomic E-state index is 12.3. The van der Waals surface area contributed by atoms with Crippen molar-refractivity contribution in [3.8, 4) is 0 Å². The highest BCUT2D eigenvalue weighted by Crippen LogP contribution is 2.21. The summed E-state index contributed by atoms with van der Waals surface area (Å²) in [6.07, 6.45) is 3.28. The molecule has 0 saturated carbocycles. The summed E-state index contributed by atoms with van der Waals surface area (Å²) in [5.74, 6) is -0.336. The summed E-state index contributed by atoms with van der Waals surface area (Å²) >= 11 is 11.8. The first-order valence-electron chi connectivity index (χ1n) is 6.78. The Labute approximate surface area is 142 Å². The molecule has 116 valence electrons. The van der Waals surface area contributed by atoms with Crippen molar-refractivity contribution in [1.82, 2.24) is 14.8 Å². The Bertz CT molecular complexity index is 918. The van der Waals surface area contributed by atoms with Gasteiger partial charge < -0.3 is 0 Å². The average Bonchev–Trinajstić information content (AvgIpc) is 2.86. The van der Waals surface area contributed by atoms with Crippen molar-refractivity contribution >= 4 is 41.0 Å². The molecule has 2 aromatic heterocycles. The number of aromatic nitrogens is 2. The highest BCUT2D eigenvalue weighted by atomic mass is 35.5. The molecule has 0 unspecified atom stereocenters. The van der Waals surface area contributed by atoms with Gasteiger partial charge in [-0.2, -0.15) is 5.10 Å². The van der Waals surface area contributed by atoms with Gasteiger partial charge in [-0.1, -0.05) is 35.3 Å². The van der Waals surface area contributed by atoms with Crippen LogP contribution in [0.15, 0.2) is 47.7 Å². The second kappa shape index (κ2) is 6.40. The van der Waals surface area contributed by atoms with E-state index in [-0.39, 0.29) is 5.91 Å². The molecule has 2 heterocycles. The summed E-state index contributed by atoms with van der Waals surface area (Å²) in [6.45, 7) is 1.78. The van der Waals surface area contributed by atoms with E-state index < -0.39 is 0 Å². The molecule has 0 radical (unpaired) electrons. The van der Waals surface area contributed by atoms with Gasteiger partial charge in [0, 0.05) is 6.20 Å². The number of rotatable bonds is 3. The summed E-state index contributed by atoms with van der Waals surface area (Å²) in [4.78, 5) is 16.7. The lowest BCUT2D eigenvalue weighted by atomic mass is 10.2. The van der Waals surface area contributed by atoms with Crippen molar-refractivity contribution in [2.45, 2.75) is 6.92 Å². The number of amides is 1. The smallest absolute Gasteiger partial charge is 0.290 e. The van der Waals surface area contributed by atoms with Crippen LogP contribution in [0.25, 0.3) is 5.65 Å². The molecule has 3 rings (SSSR count). The van der Waals surface area contributed by atoms with Crippen LogP contribution in [-0.4, -0.2) is 21.5 Å². The minimum atomic E-state index is -0.336. The van der Waals surface area contributed by atoms with Crippen LogP contribution >= 0.6 is 23.2 Å². The molecule has 23 heavy (non-hydrogen) atoms. The Kier molecular flexibility index (Phi) is 4.32. The molecule has 3 aromatic rings. The lowest BCUT2D eigenvalue weighted by Gasteiger charge is -2.01. The fourth-order valence-corrected chi connectivity index (χ4v) is 2.50. The molecular formula is C16H12Cl2N4O. The van der Waals surface area contributed by atoms with Gasteiger partial charge in [-0.05, 0) is 36.8 Å². The highest BCUT2D eigenvalue weighted by Gasteiger charge is 2.15. The van der Waals surface area contributed by atoms with E-state index in [1.807, 2.05) is 18.2 Å². The Morgan fingerprint density at radius 1 is 1.26 bits per heavy atom. The molecule has 0 aliphatic rings. The Morgan fingerprint density at radius 3 is 2.87 bits per heavy atom. The number of pyridine rings is 1. The number of carbonyl (C=O) groups excluding carboxylic acids is 1. The van der Waals surface area contributed by atoms with E-state index in [2.05, 4.69) is 15.5 Å². The standard InChI is InChI=1S/C16H12Cl2N4O/c1-10-15(22-7-3-2-4-14(22)20-10)16(23)21-19-9-11-5-6-12(17)13(18)8-11/h2-9H,1H3,(H,21,23)/b19-9-. The normalized spacial score (nSPS) is 11.3. The second-order valence-electron chi connectivity index (χ2n) is 4.85. The van der Waals surface area contributed by atoms with Gasteiger partial charge in [0.05, 0.1) is 22.0 Å². The predicted molar refractivity (Wildman–Crippen MR) is 91.5 cm³/mol. The largest absolute Gasteiger partial charge is 0.295 e. The minimum Gasteiger partial charge on any atom is -0.295 e. The van der Waals surface area contributed by atoms with Gasteiger partial charge in [0.25, 0.3) is 5.91 Å². The molecule has 0 aliphatic heterocycles. The van der Waals surface area contributed by atoms with Crippen molar-refractivity contribution in [1.29, 1.82) is 0 Å². The van der Waals surface area contributed by atoms with Gasteiger partial charge in [-0.15, -0.1) is 0 Å². The maximum Gasteiger partial charge on any atom is 0.290 e. The third-order valence-corrected chi connectivity index (χ3v) is 3.98. The highest BCUT2D eigenvalue weighted by molar-refractivity contribution is 6.42. The van der Waals surface area contributed by atoms with E-state index in [1.165, 1.54) is 6.21 Å². The van der Waals surface area contributed by atoms with E-state index >= 15 is 0 Å². The van der Waals surface area contributed by atoms with Gasteiger partial charge in [-0.25, -0.2) is 10.4 Å². The zero-order chi connectivity index (χ0) is 16.4. The Morgan fingerprint density at radius 2 is 2.09 bits per heavy atom. The van der Waals surface area contributed by atoms with Gasteiger partial charge in [-0.3, -0.25) is 9.20 Å². The first kappa shape index (κ1) is 15.5. The van der Waals surface area contributed by atoms with Crippen molar-refractivity contribution < 1.29 is 4.79 Å². The quantitative estimate of drug-likeness (QED) is 0.580. The molecule has 0 aliphatic carbocycles. The molecule has 0 atom stereocenters. The zero-order valence-corrected chi connectivity index (χ0v) is 13.6. The lowest BCUT2D eigenvalue weighted by Crippen LogP contribution is -2.20. The minimum absolute atomic E-state index is 0.336. The number of halogens is 2. The summed E-state index contributed by atoms with van der Waals surface area (Å²) in [5, 5.41) is 4.85. The summed E-state index contributed by atoms with van der Waals surface area (Å²) in [6, 6.07) is 10.6. The van der Waals surface area contributed by atoms with Gasteiger partial charge in [0.2, 0.25) is 0 Å². The molecule has 0 saturated heterocycles. The third kappa shape index (κ3) is 3.21. The molecule has 5 nitrogen and oxygen atoms in total. The first-order chi connectivity index (χ1) is 11.1. The van der Waals surface area contributed by atoms with Crippen LogP contribution in [0.2, 0.25) is 10.0 Å². The van der Waals surface area contributed by atoms with Crippen molar-refractivity contribution in [2.75, 3.05) is 0 Å². The predicted octanol–water partition coefficient (Wildman–Crippen LogP) is 3.71. The number of imidazole rings is 1. The van der Waals surface area contributed by atoms with E-state index in [0.29, 0.717) is 27.1 Å². The number of hydrogen-bond donors (Lipinski definition) is 1. The number of nitrogens with one attached hydrogen (secondary N) is 1. The van der Waals surface area contributed by atoms with Crippen molar-refractivity contribution in [2.24, 2.45) is 5.10 Å². The average molecular weight is 347 g/mol. The number of nitrogens with zero attached hydrogens (tertiary/aromatic N) is 3. The molecule has 1 amide bonds. The summed E-state index contributed by atoms with van der Waals surface area (Å²) in [5.41, 5.74) is 5.03. The van der Waals surface area contributed by atoms with Crippen LogP contribution in [0.1, 0.15) is 21.7 Å². The summed E-state index contributed by atoms with van der Waals surface area (Å²) in [7, 11) is 0. The summed E-state index contributed by atoms with van der Waals surface area (Å²) < 4.78 is 1.72. The van der Waals surface area contributed by atoms with Gasteiger partial charge >= 0.3 is 0 Å². The van der Waals surface area contributed by atoms with Gasteiger partial charge in [0.1, 0.15) is 11.3 Å². The molecule has 0 bridgehead atoms. The van der Waals surface area contributed by atoms with Gasteiger partial charge in [0.15, 0.2) is 0 Å². The van der Waals surface area contributed by atoms with Crippen LogP contribution in [-0.2, 0) is 0 Å². The molecule has 1 aromatic carbocycles. The Hall–Kier alpha value is -2.37. The number of hydrazone groups is 1. The van der Waals surface area contributed by atoms with Crippen LogP contribution in [0.4, 0.5) is 0 Å². The molecule has 0 spiro atoms. The number of carbonyl (C=O) groups is 1. The lowest BCUT2D eigenvalue weighted by molar-refractivity contribution is 0.0948. The Balaban J connectivity index is 1.79. The third-order valence-electron chi connectivity index (χ3n) is 3.24. The van der Waals surface area contributed by atoms with Crippen LogP contribution in [0.5, 0.6) is 0 Å². The maximum atomic E-state index is 12.3. The molecule has 7 heteroatoms. The van der Waals surface area contributed by atoms with E-state index in [1.54, 1.807) is 35.7 Å². The monoisotopic (exact) mass is 346 g/mol.